The Morgan fingerprint density at radius 3 is 2.50 bits per heavy atom. The van der Waals surface area contributed by atoms with Crippen molar-refractivity contribution in [1.29, 1.82) is 0 Å². The van der Waals surface area contributed by atoms with Gasteiger partial charge in [0, 0.05) is 35.8 Å². The Morgan fingerprint density at radius 1 is 1.00 bits per heavy atom. The fraction of sp³-hybridized carbons (Fsp3) is 0.217. The van der Waals surface area contributed by atoms with E-state index in [9.17, 15) is 4.39 Å². The topological polar surface area (TPSA) is 68.5 Å². The summed E-state index contributed by atoms with van der Waals surface area (Å²) in [6, 6.07) is 14.5. The Labute approximate surface area is 174 Å². The lowest BCUT2D eigenvalue weighted by molar-refractivity contribution is 0.628. The monoisotopic (exact) mass is 402 g/mol. The van der Waals surface area contributed by atoms with E-state index in [0.717, 1.165) is 34.6 Å². The maximum Gasteiger partial charge on any atom is 0.126 e. The van der Waals surface area contributed by atoms with Crippen molar-refractivity contribution in [3.8, 4) is 22.5 Å². The molecule has 1 atom stereocenters. The molecule has 4 aromatic rings. The van der Waals surface area contributed by atoms with Crippen LogP contribution in [0, 0.1) is 5.82 Å². The van der Waals surface area contributed by atoms with Crippen molar-refractivity contribution in [2.75, 3.05) is 5.32 Å². The van der Waals surface area contributed by atoms with Gasteiger partial charge < -0.3 is 5.32 Å². The lowest BCUT2D eigenvalue weighted by atomic mass is 10.1. The lowest BCUT2D eigenvalue weighted by Crippen LogP contribution is -2.14. The van der Waals surface area contributed by atoms with Crippen molar-refractivity contribution in [3.05, 3.63) is 78.5 Å². The normalized spacial score (nSPS) is 12.0. The SMILES string of the molecule is CCC(C)Nc1cc(Cn2nnc(-c3ccc(F)cc3)c2-c2ccncc2)ccn1. The zero-order valence-electron chi connectivity index (χ0n) is 17.0. The highest BCUT2D eigenvalue weighted by atomic mass is 19.1. The fourth-order valence-corrected chi connectivity index (χ4v) is 3.20. The number of benzene rings is 1. The first-order chi connectivity index (χ1) is 14.6. The summed E-state index contributed by atoms with van der Waals surface area (Å²) in [5.74, 6) is 0.556. The van der Waals surface area contributed by atoms with E-state index in [1.165, 1.54) is 12.1 Å². The molecule has 0 aliphatic carbocycles. The van der Waals surface area contributed by atoms with E-state index in [1.807, 2.05) is 28.9 Å². The third-order valence-corrected chi connectivity index (χ3v) is 4.97. The molecule has 0 amide bonds. The van der Waals surface area contributed by atoms with Crippen LogP contribution in [0.5, 0.6) is 0 Å². The van der Waals surface area contributed by atoms with Crippen LogP contribution in [0.15, 0.2) is 67.1 Å². The van der Waals surface area contributed by atoms with Gasteiger partial charge >= 0.3 is 0 Å². The molecule has 0 saturated heterocycles. The minimum Gasteiger partial charge on any atom is -0.368 e. The van der Waals surface area contributed by atoms with E-state index in [1.54, 1.807) is 30.7 Å². The molecule has 0 aliphatic heterocycles. The van der Waals surface area contributed by atoms with Crippen molar-refractivity contribution >= 4 is 5.82 Å². The summed E-state index contributed by atoms with van der Waals surface area (Å²) in [4.78, 5) is 8.52. The zero-order chi connectivity index (χ0) is 20.9. The molecule has 0 saturated carbocycles. The predicted octanol–water partition coefficient (Wildman–Crippen LogP) is 4.80. The summed E-state index contributed by atoms with van der Waals surface area (Å²) in [5, 5.41) is 12.2. The predicted molar refractivity (Wildman–Crippen MR) is 115 cm³/mol. The van der Waals surface area contributed by atoms with E-state index in [0.29, 0.717) is 18.3 Å². The van der Waals surface area contributed by atoms with Gasteiger partial charge in [-0.15, -0.1) is 5.10 Å². The Balaban J connectivity index is 1.72. The summed E-state index contributed by atoms with van der Waals surface area (Å²) in [7, 11) is 0. The average molecular weight is 402 g/mol. The van der Waals surface area contributed by atoms with Crippen LogP contribution in [0.25, 0.3) is 22.5 Å². The van der Waals surface area contributed by atoms with Crippen molar-refractivity contribution in [2.24, 2.45) is 0 Å². The minimum atomic E-state index is -0.283. The molecule has 0 bridgehead atoms. The van der Waals surface area contributed by atoms with Crippen LogP contribution in [-0.4, -0.2) is 31.0 Å². The van der Waals surface area contributed by atoms with Gasteiger partial charge in [-0.2, -0.15) is 0 Å². The summed E-state index contributed by atoms with van der Waals surface area (Å²) in [6.45, 7) is 4.79. The molecule has 0 fully saturated rings. The van der Waals surface area contributed by atoms with Crippen molar-refractivity contribution in [2.45, 2.75) is 32.9 Å². The maximum absolute atomic E-state index is 13.4. The highest BCUT2D eigenvalue weighted by Crippen LogP contribution is 2.30. The van der Waals surface area contributed by atoms with Gasteiger partial charge in [-0.05, 0) is 67.4 Å². The molecule has 0 radical (unpaired) electrons. The molecule has 3 heterocycles. The third kappa shape index (κ3) is 4.35. The van der Waals surface area contributed by atoms with Gasteiger partial charge in [-0.3, -0.25) is 4.98 Å². The molecule has 3 aromatic heterocycles. The summed E-state index contributed by atoms with van der Waals surface area (Å²) in [5.41, 5.74) is 4.37. The summed E-state index contributed by atoms with van der Waals surface area (Å²) < 4.78 is 15.3. The van der Waals surface area contributed by atoms with Gasteiger partial charge in [0.25, 0.3) is 0 Å². The molecule has 30 heavy (non-hydrogen) atoms. The molecular weight excluding hydrogens is 379 g/mol. The molecule has 7 heteroatoms. The van der Waals surface area contributed by atoms with Gasteiger partial charge in [0.05, 0.1) is 12.2 Å². The average Bonchev–Trinajstić information content (AvgIpc) is 3.18. The van der Waals surface area contributed by atoms with Crippen LogP contribution in [0.2, 0.25) is 0 Å². The number of rotatable bonds is 7. The summed E-state index contributed by atoms with van der Waals surface area (Å²) in [6.07, 6.45) is 6.29. The number of hydrogen-bond donors (Lipinski definition) is 1. The highest BCUT2D eigenvalue weighted by Gasteiger charge is 2.17. The standard InChI is InChI=1S/C23H23FN6/c1-3-16(2)27-21-14-17(8-13-26-21)15-30-23(19-9-11-25-12-10-19)22(28-29-30)18-4-6-20(24)7-5-18/h4-14,16H,3,15H2,1-2H3,(H,26,27). The first kappa shape index (κ1) is 19.7. The molecule has 1 unspecified atom stereocenters. The van der Waals surface area contributed by atoms with Crippen LogP contribution in [-0.2, 0) is 6.54 Å². The quantitative estimate of drug-likeness (QED) is 0.481. The zero-order valence-corrected chi connectivity index (χ0v) is 17.0. The van der Waals surface area contributed by atoms with E-state index in [4.69, 9.17) is 0 Å². The minimum absolute atomic E-state index is 0.283. The van der Waals surface area contributed by atoms with Crippen LogP contribution >= 0.6 is 0 Å². The Hall–Kier alpha value is -3.61. The van der Waals surface area contributed by atoms with Gasteiger partial charge in [0.1, 0.15) is 17.3 Å². The van der Waals surface area contributed by atoms with Crippen LogP contribution < -0.4 is 5.32 Å². The van der Waals surface area contributed by atoms with Gasteiger partial charge in [0.2, 0.25) is 0 Å². The van der Waals surface area contributed by atoms with Crippen LogP contribution in [0.4, 0.5) is 10.2 Å². The molecule has 6 nitrogen and oxygen atoms in total. The largest absolute Gasteiger partial charge is 0.368 e. The van der Waals surface area contributed by atoms with Gasteiger partial charge in [0.15, 0.2) is 0 Å². The van der Waals surface area contributed by atoms with Crippen LogP contribution in [0.1, 0.15) is 25.8 Å². The number of nitrogens with zero attached hydrogens (tertiary/aromatic N) is 5. The molecule has 0 spiro atoms. The van der Waals surface area contributed by atoms with E-state index in [-0.39, 0.29) is 5.82 Å². The number of nitrogens with one attached hydrogen (secondary N) is 1. The first-order valence-electron chi connectivity index (χ1n) is 9.95. The Morgan fingerprint density at radius 2 is 1.77 bits per heavy atom. The highest BCUT2D eigenvalue weighted by molar-refractivity contribution is 5.77. The maximum atomic E-state index is 13.4. The second-order valence-electron chi connectivity index (χ2n) is 7.19. The van der Waals surface area contributed by atoms with E-state index in [2.05, 4.69) is 39.4 Å². The molecule has 4 rings (SSSR count). The van der Waals surface area contributed by atoms with Crippen LogP contribution in [0.3, 0.4) is 0 Å². The van der Waals surface area contributed by atoms with E-state index < -0.39 is 0 Å². The number of hydrogen-bond acceptors (Lipinski definition) is 5. The molecule has 152 valence electrons. The number of pyridine rings is 2. The third-order valence-electron chi connectivity index (χ3n) is 4.97. The first-order valence-corrected chi connectivity index (χ1v) is 9.95. The molecule has 0 aliphatic rings. The van der Waals surface area contributed by atoms with Gasteiger partial charge in [-0.25, -0.2) is 14.1 Å². The Bertz CT molecular complexity index is 1110. The number of halogens is 1. The number of aromatic nitrogens is 5. The number of anilines is 1. The lowest BCUT2D eigenvalue weighted by Gasteiger charge is -2.13. The molecule has 1 N–H and O–H groups in total. The fourth-order valence-electron chi connectivity index (χ4n) is 3.20. The smallest absolute Gasteiger partial charge is 0.126 e. The Kier molecular flexibility index (Phi) is 5.79. The van der Waals surface area contributed by atoms with Gasteiger partial charge in [-0.1, -0.05) is 12.1 Å². The second kappa shape index (κ2) is 8.82. The van der Waals surface area contributed by atoms with Crippen molar-refractivity contribution in [3.63, 3.8) is 0 Å². The van der Waals surface area contributed by atoms with Crippen molar-refractivity contribution in [1.82, 2.24) is 25.0 Å². The summed E-state index contributed by atoms with van der Waals surface area (Å²) >= 11 is 0. The van der Waals surface area contributed by atoms with Crippen molar-refractivity contribution < 1.29 is 4.39 Å². The second-order valence-corrected chi connectivity index (χ2v) is 7.19. The molecule has 1 aromatic carbocycles. The van der Waals surface area contributed by atoms with E-state index >= 15 is 0 Å². The molecular formula is C23H23FN6.